The third kappa shape index (κ3) is 3.69. The Morgan fingerprint density at radius 1 is 1.35 bits per heavy atom. The van der Waals surface area contributed by atoms with Gasteiger partial charge in [-0.25, -0.2) is 9.97 Å². The minimum Gasteiger partial charge on any atom is -0.372 e. The highest BCUT2D eigenvalue weighted by Gasteiger charge is 2.27. The van der Waals surface area contributed by atoms with Crippen LogP contribution in [0.5, 0.6) is 0 Å². The highest BCUT2D eigenvalue weighted by atomic mass is 16.5. The molecule has 23 heavy (non-hydrogen) atoms. The summed E-state index contributed by atoms with van der Waals surface area (Å²) in [6, 6.07) is 1.84. The molecule has 1 fully saturated rings. The van der Waals surface area contributed by atoms with E-state index in [2.05, 4.69) is 35.7 Å². The van der Waals surface area contributed by atoms with Gasteiger partial charge in [0, 0.05) is 19.3 Å². The van der Waals surface area contributed by atoms with Crippen LogP contribution in [0.1, 0.15) is 49.8 Å². The van der Waals surface area contributed by atoms with E-state index in [4.69, 9.17) is 4.74 Å². The van der Waals surface area contributed by atoms with Gasteiger partial charge in [-0.05, 0) is 46.6 Å². The molecule has 1 saturated heterocycles. The van der Waals surface area contributed by atoms with Crippen molar-refractivity contribution in [2.75, 3.05) is 13.1 Å². The van der Waals surface area contributed by atoms with Gasteiger partial charge < -0.3 is 14.6 Å². The molecule has 3 heterocycles. The van der Waals surface area contributed by atoms with Crippen LogP contribution in [-0.2, 0) is 4.74 Å². The molecule has 6 heteroatoms. The number of imidazole rings is 1. The number of aryl methyl sites for hydroxylation is 1. The molecule has 1 aliphatic rings. The summed E-state index contributed by atoms with van der Waals surface area (Å²) in [6.07, 6.45) is 3.60. The summed E-state index contributed by atoms with van der Waals surface area (Å²) in [7, 11) is 0. The lowest BCUT2D eigenvalue weighted by Gasteiger charge is -2.35. The zero-order valence-corrected chi connectivity index (χ0v) is 14.2. The number of H-pyrrole nitrogens is 1. The lowest BCUT2D eigenvalue weighted by Crippen LogP contribution is -2.42. The Kier molecular flexibility index (Phi) is 4.10. The van der Waals surface area contributed by atoms with E-state index in [1.165, 1.54) is 0 Å². The van der Waals surface area contributed by atoms with E-state index >= 15 is 0 Å². The normalized spacial score (nSPS) is 17.0. The summed E-state index contributed by atoms with van der Waals surface area (Å²) in [5.41, 5.74) is 1.93. The SMILES string of the molecule is Cc1nc2ncc(C(=O)N3CCC(OC(C)(C)C)CC3)cc2[nH]1. The zero-order chi connectivity index (χ0) is 16.6. The van der Waals surface area contributed by atoms with Crippen LogP contribution in [0.25, 0.3) is 11.2 Å². The van der Waals surface area contributed by atoms with Crippen molar-refractivity contribution in [2.45, 2.75) is 52.2 Å². The highest BCUT2D eigenvalue weighted by Crippen LogP contribution is 2.21. The van der Waals surface area contributed by atoms with E-state index < -0.39 is 0 Å². The number of aromatic amines is 1. The van der Waals surface area contributed by atoms with Crippen molar-refractivity contribution in [1.82, 2.24) is 19.9 Å². The van der Waals surface area contributed by atoms with Crippen LogP contribution in [0.15, 0.2) is 12.3 Å². The van der Waals surface area contributed by atoms with Crippen LogP contribution >= 0.6 is 0 Å². The average Bonchev–Trinajstić information content (AvgIpc) is 2.84. The van der Waals surface area contributed by atoms with Crippen molar-refractivity contribution in [2.24, 2.45) is 0 Å². The number of ether oxygens (including phenoxy) is 1. The van der Waals surface area contributed by atoms with Gasteiger partial charge in [-0.3, -0.25) is 4.79 Å². The molecule has 2 aromatic rings. The Balaban J connectivity index is 1.66. The van der Waals surface area contributed by atoms with Gasteiger partial charge in [-0.1, -0.05) is 0 Å². The van der Waals surface area contributed by atoms with Crippen LogP contribution in [0.4, 0.5) is 0 Å². The van der Waals surface area contributed by atoms with Crippen molar-refractivity contribution in [1.29, 1.82) is 0 Å². The number of carbonyl (C=O) groups excluding carboxylic acids is 1. The molecule has 0 atom stereocenters. The third-order valence-electron chi connectivity index (χ3n) is 3.95. The van der Waals surface area contributed by atoms with Crippen LogP contribution < -0.4 is 0 Å². The van der Waals surface area contributed by atoms with Crippen LogP contribution in [0.2, 0.25) is 0 Å². The second-order valence-electron chi connectivity index (χ2n) is 7.14. The molecule has 3 rings (SSSR count). The fourth-order valence-corrected chi connectivity index (χ4v) is 3.00. The van der Waals surface area contributed by atoms with Crippen molar-refractivity contribution in [3.63, 3.8) is 0 Å². The number of fused-ring (bicyclic) bond motifs is 1. The monoisotopic (exact) mass is 316 g/mol. The molecule has 2 aromatic heterocycles. The van der Waals surface area contributed by atoms with Crippen LogP contribution in [-0.4, -0.2) is 50.6 Å². The maximum absolute atomic E-state index is 12.7. The van der Waals surface area contributed by atoms with E-state index in [1.807, 2.05) is 17.9 Å². The number of nitrogens with one attached hydrogen (secondary N) is 1. The highest BCUT2D eigenvalue weighted by molar-refractivity contribution is 5.96. The van der Waals surface area contributed by atoms with Gasteiger partial charge in [-0.2, -0.15) is 0 Å². The maximum Gasteiger partial charge on any atom is 0.255 e. The summed E-state index contributed by atoms with van der Waals surface area (Å²) in [6.45, 7) is 9.52. The van der Waals surface area contributed by atoms with Crippen molar-refractivity contribution < 1.29 is 9.53 Å². The summed E-state index contributed by atoms with van der Waals surface area (Å²) in [5, 5.41) is 0. The molecule has 1 aliphatic heterocycles. The van der Waals surface area contributed by atoms with Crippen molar-refractivity contribution in [3.05, 3.63) is 23.7 Å². The van der Waals surface area contributed by atoms with Gasteiger partial charge in [0.2, 0.25) is 0 Å². The van der Waals surface area contributed by atoms with Crippen molar-refractivity contribution in [3.8, 4) is 0 Å². The molecular weight excluding hydrogens is 292 g/mol. The fraction of sp³-hybridized carbons (Fsp3) is 0.588. The predicted octanol–water partition coefficient (Wildman–Crippen LogP) is 2.69. The van der Waals surface area contributed by atoms with E-state index in [1.54, 1.807) is 6.20 Å². The van der Waals surface area contributed by atoms with Crippen LogP contribution in [0.3, 0.4) is 0 Å². The quantitative estimate of drug-likeness (QED) is 0.924. The number of hydrogen-bond acceptors (Lipinski definition) is 4. The first kappa shape index (κ1) is 15.9. The molecular formula is C17H24N4O2. The average molecular weight is 316 g/mol. The summed E-state index contributed by atoms with van der Waals surface area (Å²) < 4.78 is 6.01. The van der Waals surface area contributed by atoms with E-state index in [0.717, 1.165) is 37.3 Å². The van der Waals surface area contributed by atoms with Gasteiger partial charge >= 0.3 is 0 Å². The van der Waals surface area contributed by atoms with Gasteiger partial charge in [0.1, 0.15) is 5.82 Å². The summed E-state index contributed by atoms with van der Waals surface area (Å²) >= 11 is 0. The molecule has 0 aromatic carbocycles. The predicted molar refractivity (Wildman–Crippen MR) is 88.4 cm³/mol. The van der Waals surface area contributed by atoms with E-state index in [0.29, 0.717) is 11.2 Å². The smallest absolute Gasteiger partial charge is 0.255 e. The van der Waals surface area contributed by atoms with Gasteiger partial charge in [0.25, 0.3) is 5.91 Å². The molecule has 0 bridgehead atoms. The Morgan fingerprint density at radius 3 is 2.70 bits per heavy atom. The lowest BCUT2D eigenvalue weighted by atomic mass is 10.0. The number of rotatable bonds is 2. The van der Waals surface area contributed by atoms with Crippen molar-refractivity contribution >= 4 is 17.1 Å². The Labute approximate surface area is 136 Å². The number of pyridine rings is 1. The number of aromatic nitrogens is 3. The molecule has 1 N–H and O–H groups in total. The molecule has 0 aliphatic carbocycles. The maximum atomic E-state index is 12.7. The number of hydrogen-bond donors (Lipinski definition) is 1. The van der Waals surface area contributed by atoms with Crippen LogP contribution in [0, 0.1) is 6.92 Å². The molecule has 124 valence electrons. The second-order valence-corrected chi connectivity index (χ2v) is 7.14. The molecule has 6 nitrogen and oxygen atoms in total. The molecule has 0 spiro atoms. The largest absolute Gasteiger partial charge is 0.372 e. The minimum absolute atomic E-state index is 0.0286. The van der Waals surface area contributed by atoms with E-state index in [9.17, 15) is 4.79 Å². The number of likely N-dealkylation sites (tertiary alicyclic amines) is 1. The molecule has 0 unspecified atom stereocenters. The Morgan fingerprint density at radius 2 is 2.04 bits per heavy atom. The number of carbonyl (C=O) groups is 1. The topological polar surface area (TPSA) is 71.1 Å². The van der Waals surface area contributed by atoms with Gasteiger partial charge in [-0.15, -0.1) is 0 Å². The first-order valence-corrected chi connectivity index (χ1v) is 8.11. The minimum atomic E-state index is -0.135. The zero-order valence-electron chi connectivity index (χ0n) is 14.2. The van der Waals surface area contributed by atoms with E-state index in [-0.39, 0.29) is 17.6 Å². The Hall–Kier alpha value is -1.95. The molecule has 0 saturated carbocycles. The number of nitrogens with zero attached hydrogens (tertiary/aromatic N) is 3. The fourth-order valence-electron chi connectivity index (χ4n) is 3.00. The molecule has 1 amide bonds. The number of amides is 1. The standard InChI is InChI=1S/C17H24N4O2/c1-11-19-14-9-12(10-18-15(14)20-11)16(22)21-7-5-13(6-8-21)23-17(2,3)4/h9-10,13H,5-8H2,1-4H3,(H,18,19,20). The second kappa shape index (κ2) is 5.92. The first-order valence-electron chi connectivity index (χ1n) is 8.11. The Bertz CT molecular complexity index is 709. The first-order chi connectivity index (χ1) is 10.8. The molecule has 0 radical (unpaired) electrons. The lowest BCUT2D eigenvalue weighted by molar-refractivity contribution is -0.0791. The summed E-state index contributed by atoms with van der Waals surface area (Å²) in [5.74, 6) is 0.832. The van der Waals surface area contributed by atoms with Gasteiger partial charge in [0.15, 0.2) is 5.65 Å². The number of piperidine rings is 1. The summed E-state index contributed by atoms with van der Waals surface area (Å²) in [4.78, 5) is 26.2. The third-order valence-corrected chi connectivity index (χ3v) is 3.95. The van der Waals surface area contributed by atoms with Gasteiger partial charge in [0.05, 0.1) is 22.8 Å².